The van der Waals surface area contributed by atoms with Crippen molar-refractivity contribution in [1.82, 2.24) is 4.98 Å². The first-order valence-electron chi connectivity index (χ1n) is 3.48. The van der Waals surface area contributed by atoms with Gasteiger partial charge in [0.2, 0.25) is 0 Å². The lowest BCUT2D eigenvalue weighted by molar-refractivity contribution is 0.943. The van der Waals surface area contributed by atoms with Gasteiger partial charge < -0.3 is 5.73 Å². The highest BCUT2D eigenvalue weighted by molar-refractivity contribution is 7.98. The fourth-order valence-electron chi connectivity index (χ4n) is 0.894. The third kappa shape index (κ3) is 1.94. The monoisotopic (exact) mass is 168 g/mol. The van der Waals surface area contributed by atoms with E-state index in [-0.39, 0.29) is 0 Å². The molecule has 3 heteroatoms. The number of aromatic nitrogens is 1. The van der Waals surface area contributed by atoms with Crippen LogP contribution < -0.4 is 5.73 Å². The van der Waals surface area contributed by atoms with Gasteiger partial charge in [0.15, 0.2) is 0 Å². The molecule has 0 unspecified atom stereocenters. The maximum atomic E-state index is 5.52. The number of thioether (sulfide) groups is 1. The van der Waals surface area contributed by atoms with E-state index in [1.165, 1.54) is 0 Å². The lowest BCUT2D eigenvalue weighted by atomic mass is 10.2. The van der Waals surface area contributed by atoms with Crippen LogP contribution in [0.15, 0.2) is 17.2 Å². The van der Waals surface area contributed by atoms with Gasteiger partial charge in [-0.3, -0.25) is 0 Å². The van der Waals surface area contributed by atoms with E-state index in [9.17, 15) is 0 Å². The zero-order chi connectivity index (χ0) is 8.27. The molecule has 0 aromatic carbocycles. The van der Waals surface area contributed by atoms with Crippen LogP contribution in [0.4, 0.5) is 0 Å². The normalized spacial score (nSPS) is 10.1. The molecule has 2 N–H and O–H groups in total. The van der Waals surface area contributed by atoms with Gasteiger partial charge >= 0.3 is 0 Å². The SMILES string of the molecule is CSc1nc(C)ccc1CN. The number of hydrogen-bond donors (Lipinski definition) is 1. The van der Waals surface area contributed by atoms with E-state index in [0.29, 0.717) is 6.54 Å². The lowest BCUT2D eigenvalue weighted by Crippen LogP contribution is -2.00. The van der Waals surface area contributed by atoms with E-state index in [0.717, 1.165) is 16.3 Å². The highest BCUT2D eigenvalue weighted by atomic mass is 32.2. The van der Waals surface area contributed by atoms with E-state index in [1.54, 1.807) is 11.8 Å². The molecule has 0 spiro atoms. The Hall–Kier alpha value is -0.540. The second-order valence-corrected chi connectivity index (χ2v) is 3.12. The van der Waals surface area contributed by atoms with Gasteiger partial charge in [0.25, 0.3) is 0 Å². The highest BCUT2D eigenvalue weighted by Gasteiger charge is 1.99. The quantitative estimate of drug-likeness (QED) is 0.681. The van der Waals surface area contributed by atoms with Crippen molar-refractivity contribution in [3.05, 3.63) is 23.4 Å². The standard InChI is InChI=1S/C8H12N2S/c1-6-3-4-7(5-9)8(10-6)11-2/h3-4H,5,9H2,1-2H3. The molecule has 0 amide bonds. The first-order chi connectivity index (χ1) is 5.27. The van der Waals surface area contributed by atoms with Crippen LogP contribution in [0, 0.1) is 6.92 Å². The molecule has 1 aromatic heterocycles. The van der Waals surface area contributed by atoms with Crippen molar-refractivity contribution < 1.29 is 0 Å². The van der Waals surface area contributed by atoms with Crippen molar-refractivity contribution in [2.75, 3.05) is 6.26 Å². The topological polar surface area (TPSA) is 38.9 Å². The maximum Gasteiger partial charge on any atom is 0.100 e. The summed E-state index contributed by atoms with van der Waals surface area (Å²) in [7, 11) is 0. The molecule has 1 aromatic rings. The Bertz CT molecular complexity index is 248. The highest BCUT2D eigenvalue weighted by Crippen LogP contribution is 2.17. The molecular weight excluding hydrogens is 156 g/mol. The molecule has 0 aliphatic rings. The Morgan fingerprint density at radius 1 is 1.55 bits per heavy atom. The second-order valence-electron chi connectivity index (χ2n) is 2.33. The minimum atomic E-state index is 0.573. The summed E-state index contributed by atoms with van der Waals surface area (Å²) < 4.78 is 0. The maximum absolute atomic E-state index is 5.52. The molecule has 60 valence electrons. The Morgan fingerprint density at radius 2 is 2.27 bits per heavy atom. The van der Waals surface area contributed by atoms with E-state index < -0.39 is 0 Å². The summed E-state index contributed by atoms with van der Waals surface area (Å²) >= 11 is 1.64. The number of aryl methyl sites for hydroxylation is 1. The average Bonchev–Trinajstić information content (AvgIpc) is 2.04. The van der Waals surface area contributed by atoms with Crippen molar-refractivity contribution in [2.45, 2.75) is 18.5 Å². The van der Waals surface area contributed by atoms with Crippen molar-refractivity contribution >= 4 is 11.8 Å². The van der Waals surface area contributed by atoms with Gasteiger partial charge in [0, 0.05) is 12.2 Å². The summed E-state index contributed by atoms with van der Waals surface area (Å²) in [4.78, 5) is 4.35. The van der Waals surface area contributed by atoms with Gasteiger partial charge in [-0.05, 0) is 24.8 Å². The van der Waals surface area contributed by atoms with Crippen molar-refractivity contribution in [1.29, 1.82) is 0 Å². The molecule has 11 heavy (non-hydrogen) atoms. The number of pyridine rings is 1. The summed E-state index contributed by atoms with van der Waals surface area (Å²) in [6.45, 7) is 2.56. The number of nitrogens with zero attached hydrogens (tertiary/aromatic N) is 1. The molecule has 2 nitrogen and oxygen atoms in total. The molecule has 1 rings (SSSR count). The zero-order valence-corrected chi connectivity index (χ0v) is 7.61. The zero-order valence-electron chi connectivity index (χ0n) is 6.79. The minimum absolute atomic E-state index is 0.573. The predicted molar refractivity (Wildman–Crippen MR) is 48.6 cm³/mol. The molecule has 0 saturated heterocycles. The molecule has 0 atom stereocenters. The van der Waals surface area contributed by atoms with Crippen molar-refractivity contribution in [3.8, 4) is 0 Å². The molecular formula is C8H12N2S. The van der Waals surface area contributed by atoms with Crippen LogP contribution in [0.2, 0.25) is 0 Å². The van der Waals surface area contributed by atoms with Gasteiger partial charge in [-0.15, -0.1) is 11.8 Å². The molecule has 0 saturated carbocycles. The van der Waals surface area contributed by atoms with Gasteiger partial charge in [-0.1, -0.05) is 6.07 Å². The van der Waals surface area contributed by atoms with E-state index >= 15 is 0 Å². The summed E-state index contributed by atoms with van der Waals surface area (Å²) in [6.07, 6.45) is 2.01. The molecule has 0 radical (unpaired) electrons. The summed E-state index contributed by atoms with van der Waals surface area (Å²) in [6, 6.07) is 4.02. The summed E-state index contributed by atoms with van der Waals surface area (Å²) in [5.74, 6) is 0. The smallest absolute Gasteiger partial charge is 0.100 e. The van der Waals surface area contributed by atoms with E-state index in [1.807, 2.05) is 25.3 Å². The van der Waals surface area contributed by atoms with Crippen LogP contribution in [-0.4, -0.2) is 11.2 Å². The van der Waals surface area contributed by atoms with Crippen LogP contribution in [0.1, 0.15) is 11.3 Å². The Kier molecular flexibility index (Phi) is 2.91. The van der Waals surface area contributed by atoms with Gasteiger partial charge in [-0.2, -0.15) is 0 Å². The van der Waals surface area contributed by atoms with E-state index in [4.69, 9.17) is 5.73 Å². The third-order valence-corrected chi connectivity index (χ3v) is 2.23. The van der Waals surface area contributed by atoms with Crippen LogP contribution >= 0.6 is 11.8 Å². The Labute approximate surface area is 71.2 Å². The lowest BCUT2D eigenvalue weighted by Gasteiger charge is -2.03. The predicted octanol–water partition coefficient (Wildman–Crippen LogP) is 1.57. The Morgan fingerprint density at radius 3 is 2.82 bits per heavy atom. The molecule has 0 aliphatic carbocycles. The van der Waals surface area contributed by atoms with Gasteiger partial charge in [-0.25, -0.2) is 4.98 Å². The first-order valence-corrected chi connectivity index (χ1v) is 4.71. The van der Waals surface area contributed by atoms with Crippen LogP contribution in [0.3, 0.4) is 0 Å². The van der Waals surface area contributed by atoms with Gasteiger partial charge in [0.05, 0.1) is 0 Å². The fourth-order valence-corrected chi connectivity index (χ4v) is 1.54. The number of hydrogen-bond acceptors (Lipinski definition) is 3. The second kappa shape index (κ2) is 3.74. The Balaban J connectivity index is 3.06. The molecule has 0 aliphatic heterocycles. The van der Waals surface area contributed by atoms with E-state index in [2.05, 4.69) is 4.98 Å². The minimum Gasteiger partial charge on any atom is -0.326 e. The third-order valence-electron chi connectivity index (χ3n) is 1.49. The number of nitrogens with two attached hydrogens (primary N) is 1. The molecule has 1 heterocycles. The van der Waals surface area contributed by atoms with Crippen LogP contribution in [-0.2, 0) is 6.54 Å². The van der Waals surface area contributed by atoms with Crippen molar-refractivity contribution in [2.24, 2.45) is 5.73 Å². The van der Waals surface area contributed by atoms with Crippen LogP contribution in [0.5, 0.6) is 0 Å². The largest absolute Gasteiger partial charge is 0.326 e. The summed E-state index contributed by atoms with van der Waals surface area (Å²) in [5, 5.41) is 1.05. The average molecular weight is 168 g/mol. The first kappa shape index (κ1) is 8.56. The fraction of sp³-hybridized carbons (Fsp3) is 0.375. The molecule has 0 fully saturated rings. The van der Waals surface area contributed by atoms with Gasteiger partial charge in [0.1, 0.15) is 5.03 Å². The number of rotatable bonds is 2. The molecule has 0 bridgehead atoms. The van der Waals surface area contributed by atoms with Crippen LogP contribution in [0.25, 0.3) is 0 Å². The van der Waals surface area contributed by atoms with Crippen molar-refractivity contribution in [3.63, 3.8) is 0 Å². The summed E-state index contributed by atoms with van der Waals surface area (Å²) in [5.41, 5.74) is 7.70.